The van der Waals surface area contributed by atoms with Crippen LogP contribution in [0.1, 0.15) is 15.9 Å². The van der Waals surface area contributed by atoms with Crippen molar-refractivity contribution in [2.75, 3.05) is 33.1 Å². The van der Waals surface area contributed by atoms with Crippen molar-refractivity contribution in [1.82, 2.24) is 5.32 Å². The average Bonchev–Trinajstić information content (AvgIpc) is 2.69. The molecule has 2 aromatic rings. The average molecular weight is 389 g/mol. The van der Waals surface area contributed by atoms with E-state index in [2.05, 4.69) is 5.32 Å². The van der Waals surface area contributed by atoms with Crippen LogP contribution in [0.25, 0.3) is 0 Å². The number of esters is 1. The Morgan fingerprint density at radius 2 is 1.78 bits per heavy atom. The number of methoxy groups -OCH3 is 2. The Hall–Kier alpha value is -2.67. The molecule has 1 amide bonds. The van der Waals surface area contributed by atoms with E-state index in [1.807, 2.05) is 31.2 Å². The first-order valence-corrected chi connectivity index (χ1v) is 9.38. The minimum absolute atomic E-state index is 0.208. The molecule has 2 rings (SSSR count). The maximum absolute atomic E-state index is 12.2. The molecule has 0 aliphatic carbocycles. The second-order valence-corrected chi connectivity index (χ2v) is 6.80. The molecule has 0 bridgehead atoms. The van der Waals surface area contributed by atoms with Crippen LogP contribution < -0.4 is 14.8 Å². The van der Waals surface area contributed by atoms with E-state index in [1.165, 1.54) is 19.8 Å². The van der Waals surface area contributed by atoms with Crippen molar-refractivity contribution in [3.8, 4) is 11.5 Å². The molecule has 0 spiro atoms. The lowest BCUT2D eigenvalue weighted by atomic mass is 10.2. The molecule has 0 radical (unpaired) electrons. The number of rotatable bonds is 9. The van der Waals surface area contributed by atoms with Crippen molar-refractivity contribution in [2.24, 2.45) is 0 Å². The predicted molar refractivity (Wildman–Crippen MR) is 105 cm³/mol. The highest BCUT2D eigenvalue weighted by atomic mass is 32.2. The summed E-state index contributed by atoms with van der Waals surface area (Å²) >= 11 is 1.65. The van der Waals surface area contributed by atoms with Gasteiger partial charge in [0.05, 0.1) is 14.2 Å². The molecule has 0 aliphatic rings. The highest BCUT2D eigenvalue weighted by Crippen LogP contribution is 2.31. The van der Waals surface area contributed by atoms with Gasteiger partial charge in [-0.25, -0.2) is 4.79 Å². The highest BCUT2D eigenvalue weighted by Gasteiger charge is 2.18. The standard InChI is InChI=1S/C20H23NO5S/c1-14-7-9-15(10-8-14)27-12-11-21-18(22)13-26-20(23)16-5-4-6-17(24-2)19(16)25-3/h4-10H,11-13H2,1-3H3,(H,21,22). The van der Waals surface area contributed by atoms with Crippen molar-refractivity contribution in [1.29, 1.82) is 0 Å². The summed E-state index contributed by atoms with van der Waals surface area (Å²) in [6, 6.07) is 13.1. The van der Waals surface area contributed by atoms with Crippen molar-refractivity contribution < 1.29 is 23.8 Å². The number of para-hydroxylation sites is 1. The summed E-state index contributed by atoms with van der Waals surface area (Å²) in [4.78, 5) is 25.2. The molecular weight excluding hydrogens is 366 g/mol. The van der Waals surface area contributed by atoms with Crippen LogP contribution in [0.15, 0.2) is 47.4 Å². The number of benzene rings is 2. The number of amides is 1. The van der Waals surface area contributed by atoms with Gasteiger partial charge in [0.25, 0.3) is 5.91 Å². The Labute approximate surface area is 163 Å². The number of ether oxygens (including phenoxy) is 3. The quantitative estimate of drug-likeness (QED) is 0.404. The van der Waals surface area contributed by atoms with Crippen LogP contribution in [-0.2, 0) is 9.53 Å². The van der Waals surface area contributed by atoms with Gasteiger partial charge in [0.15, 0.2) is 18.1 Å². The molecular formula is C20H23NO5S. The van der Waals surface area contributed by atoms with Crippen molar-refractivity contribution in [3.05, 3.63) is 53.6 Å². The van der Waals surface area contributed by atoms with Crippen LogP contribution >= 0.6 is 11.8 Å². The lowest BCUT2D eigenvalue weighted by Crippen LogP contribution is -2.30. The first kappa shape index (κ1) is 20.6. The molecule has 7 heteroatoms. The second kappa shape index (κ2) is 10.5. The van der Waals surface area contributed by atoms with Gasteiger partial charge in [-0.2, -0.15) is 0 Å². The Morgan fingerprint density at radius 3 is 2.44 bits per heavy atom. The molecule has 0 atom stereocenters. The first-order valence-electron chi connectivity index (χ1n) is 8.39. The lowest BCUT2D eigenvalue weighted by Gasteiger charge is -2.12. The van der Waals surface area contributed by atoms with E-state index in [-0.39, 0.29) is 23.8 Å². The van der Waals surface area contributed by atoms with Crippen molar-refractivity contribution >= 4 is 23.6 Å². The molecule has 0 unspecified atom stereocenters. The summed E-state index contributed by atoms with van der Waals surface area (Å²) in [5, 5.41) is 2.73. The second-order valence-electron chi connectivity index (χ2n) is 5.63. The van der Waals surface area contributed by atoms with E-state index >= 15 is 0 Å². The van der Waals surface area contributed by atoms with E-state index in [4.69, 9.17) is 14.2 Å². The van der Waals surface area contributed by atoms with Crippen LogP contribution in [0.5, 0.6) is 11.5 Å². The van der Waals surface area contributed by atoms with Gasteiger partial charge in [0, 0.05) is 17.2 Å². The Bertz CT molecular complexity index is 776. The fourth-order valence-electron chi connectivity index (χ4n) is 2.30. The molecule has 2 aromatic carbocycles. The fourth-order valence-corrected chi connectivity index (χ4v) is 3.07. The largest absolute Gasteiger partial charge is 0.493 e. The van der Waals surface area contributed by atoms with E-state index in [0.29, 0.717) is 12.3 Å². The SMILES string of the molecule is COc1cccc(C(=O)OCC(=O)NCCSc2ccc(C)cc2)c1OC. The predicted octanol–water partition coefficient (Wildman–Crippen LogP) is 3.08. The normalized spacial score (nSPS) is 10.2. The third kappa shape index (κ3) is 6.21. The zero-order valence-corrected chi connectivity index (χ0v) is 16.4. The van der Waals surface area contributed by atoms with E-state index in [1.54, 1.807) is 30.0 Å². The van der Waals surface area contributed by atoms with Gasteiger partial charge in [-0.05, 0) is 31.2 Å². The van der Waals surface area contributed by atoms with Gasteiger partial charge in [-0.15, -0.1) is 11.8 Å². The summed E-state index contributed by atoms with van der Waals surface area (Å²) in [6.45, 7) is 2.17. The Kier molecular flexibility index (Phi) is 8.00. The number of hydrogen-bond donors (Lipinski definition) is 1. The van der Waals surface area contributed by atoms with Crippen LogP contribution in [0.3, 0.4) is 0 Å². The summed E-state index contributed by atoms with van der Waals surface area (Å²) in [6.07, 6.45) is 0. The lowest BCUT2D eigenvalue weighted by molar-refractivity contribution is -0.124. The van der Waals surface area contributed by atoms with E-state index in [9.17, 15) is 9.59 Å². The minimum atomic E-state index is -0.644. The molecule has 0 saturated carbocycles. The molecule has 0 aromatic heterocycles. The Morgan fingerprint density at radius 1 is 1.04 bits per heavy atom. The third-order valence-electron chi connectivity index (χ3n) is 3.67. The molecule has 1 N–H and O–H groups in total. The molecule has 144 valence electrons. The van der Waals surface area contributed by atoms with Gasteiger partial charge >= 0.3 is 5.97 Å². The number of thioether (sulfide) groups is 1. The van der Waals surface area contributed by atoms with Gasteiger partial charge in [-0.3, -0.25) is 4.79 Å². The van der Waals surface area contributed by atoms with Gasteiger partial charge < -0.3 is 19.5 Å². The summed E-state index contributed by atoms with van der Waals surface area (Å²) < 4.78 is 15.4. The highest BCUT2D eigenvalue weighted by molar-refractivity contribution is 7.99. The fraction of sp³-hybridized carbons (Fsp3) is 0.300. The van der Waals surface area contributed by atoms with Gasteiger partial charge in [0.1, 0.15) is 5.56 Å². The Balaban J connectivity index is 1.75. The maximum Gasteiger partial charge on any atom is 0.342 e. The number of nitrogens with one attached hydrogen (secondary N) is 1. The van der Waals surface area contributed by atoms with Gasteiger partial charge in [0.2, 0.25) is 0 Å². The van der Waals surface area contributed by atoms with Crippen LogP contribution in [0.4, 0.5) is 0 Å². The summed E-state index contributed by atoms with van der Waals surface area (Å²) in [5.41, 5.74) is 1.42. The summed E-state index contributed by atoms with van der Waals surface area (Å²) in [5.74, 6) is 0.431. The van der Waals surface area contributed by atoms with E-state index in [0.717, 1.165) is 10.6 Å². The summed E-state index contributed by atoms with van der Waals surface area (Å²) in [7, 11) is 2.92. The van der Waals surface area contributed by atoms with E-state index < -0.39 is 5.97 Å². The first-order chi connectivity index (χ1) is 13.0. The van der Waals surface area contributed by atoms with Crippen LogP contribution in [-0.4, -0.2) is 45.0 Å². The maximum atomic E-state index is 12.2. The van der Waals surface area contributed by atoms with Crippen molar-refractivity contribution in [3.63, 3.8) is 0 Å². The molecule has 6 nitrogen and oxygen atoms in total. The third-order valence-corrected chi connectivity index (χ3v) is 4.68. The van der Waals surface area contributed by atoms with Crippen LogP contribution in [0, 0.1) is 6.92 Å². The number of aryl methyl sites for hydroxylation is 1. The van der Waals surface area contributed by atoms with Gasteiger partial charge in [-0.1, -0.05) is 23.8 Å². The topological polar surface area (TPSA) is 73.9 Å². The van der Waals surface area contributed by atoms with Crippen LogP contribution in [0.2, 0.25) is 0 Å². The molecule has 0 aliphatic heterocycles. The number of carbonyl (C=O) groups excluding carboxylic acids is 2. The molecule has 0 saturated heterocycles. The van der Waals surface area contributed by atoms with Crippen molar-refractivity contribution in [2.45, 2.75) is 11.8 Å². The number of hydrogen-bond acceptors (Lipinski definition) is 6. The molecule has 0 fully saturated rings. The zero-order chi connectivity index (χ0) is 19.6. The molecule has 0 heterocycles. The monoisotopic (exact) mass is 389 g/mol. The smallest absolute Gasteiger partial charge is 0.342 e. The minimum Gasteiger partial charge on any atom is -0.493 e. The zero-order valence-electron chi connectivity index (χ0n) is 15.6. The number of carbonyl (C=O) groups is 2. The molecule has 27 heavy (non-hydrogen) atoms.